The van der Waals surface area contributed by atoms with Gasteiger partial charge in [-0.2, -0.15) is 0 Å². The van der Waals surface area contributed by atoms with Gasteiger partial charge in [-0.3, -0.25) is 0 Å². The van der Waals surface area contributed by atoms with Crippen LogP contribution in [0.4, 0.5) is 0 Å². The van der Waals surface area contributed by atoms with Crippen molar-refractivity contribution in [2.24, 2.45) is 0 Å². The first-order chi connectivity index (χ1) is 3.79. The van der Waals surface area contributed by atoms with E-state index in [0.29, 0.717) is 6.10 Å². The fraction of sp³-hybridized carbons (Fsp3) is 1.00. The Labute approximate surface area is 57.4 Å². The maximum absolute atomic E-state index is 5.31. The van der Waals surface area contributed by atoms with E-state index < -0.39 is 6.62 Å². The summed E-state index contributed by atoms with van der Waals surface area (Å²) in [5.41, 5.74) is 0. The Morgan fingerprint density at radius 3 is 2.88 bits per heavy atom. The van der Waals surface area contributed by atoms with Gasteiger partial charge >= 0.3 is 56.8 Å². The van der Waals surface area contributed by atoms with Gasteiger partial charge in [0, 0.05) is 0 Å². The molecule has 1 heterocycles. The Hall–Kier alpha value is 0.869. The molecular formula is C4H9O2PSe. The number of hydrogen-bond donors (Lipinski definition) is 0. The molecule has 0 saturated carbocycles. The Kier molecular flexibility index (Phi) is 2.74. The van der Waals surface area contributed by atoms with Gasteiger partial charge < -0.3 is 0 Å². The van der Waals surface area contributed by atoms with Gasteiger partial charge in [0.25, 0.3) is 0 Å². The van der Waals surface area contributed by atoms with Gasteiger partial charge in [-0.1, -0.05) is 0 Å². The second-order valence-electron chi connectivity index (χ2n) is 1.82. The molecule has 0 N–H and O–H groups in total. The van der Waals surface area contributed by atoms with Crippen LogP contribution in [-0.2, 0) is 9.05 Å². The van der Waals surface area contributed by atoms with Crippen LogP contribution >= 0.6 is 6.62 Å². The third-order valence-corrected chi connectivity index (χ3v) is 3.42. The van der Waals surface area contributed by atoms with Crippen molar-refractivity contribution in [3.05, 3.63) is 0 Å². The van der Waals surface area contributed by atoms with E-state index in [0.717, 1.165) is 13.0 Å². The molecule has 0 unspecified atom stereocenters. The van der Waals surface area contributed by atoms with Crippen LogP contribution in [0.2, 0.25) is 0 Å². The Morgan fingerprint density at radius 2 is 2.50 bits per heavy atom. The molecule has 1 aliphatic heterocycles. The first-order valence-electron chi connectivity index (χ1n) is 2.62. The summed E-state index contributed by atoms with van der Waals surface area (Å²) in [5.74, 6) is 0. The van der Waals surface area contributed by atoms with Crippen LogP contribution < -0.4 is 0 Å². The third-order valence-electron chi connectivity index (χ3n) is 1.04. The average molecular weight is 199 g/mol. The fourth-order valence-electron chi connectivity index (χ4n) is 0.565. The quantitative estimate of drug-likeness (QED) is 0.427. The molecule has 0 aromatic carbocycles. The van der Waals surface area contributed by atoms with Crippen LogP contribution in [0, 0.1) is 0 Å². The monoisotopic (exact) mass is 200 g/mol. The molecule has 2 nitrogen and oxygen atoms in total. The standard InChI is InChI=1S/C4H9O2PSe/c1-4-2-3-5-7(8)6-4/h4,7H,2-3H2,1H3/t4-/m0/s1. The number of hydrogen-bond acceptors (Lipinski definition) is 2. The summed E-state index contributed by atoms with van der Waals surface area (Å²) in [6, 6.07) is 0. The van der Waals surface area contributed by atoms with E-state index in [1.165, 1.54) is 0 Å². The molecular weight excluding hydrogens is 190 g/mol. The third kappa shape index (κ3) is 2.00. The molecule has 1 aliphatic rings. The predicted molar refractivity (Wildman–Crippen MR) is 35.2 cm³/mol. The topological polar surface area (TPSA) is 18.5 Å². The van der Waals surface area contributed by atoms with Crippen LogP contribution in [0.5, 0.6) is 0 Å². The summed E-state index contributed by atoms with van der Waals surface area (Å²) < 4.78 is 10.5. The Bertz CT molecular complexity index is 106. The van der Waals surface area contributed by atoms with Crippen LogP contribution in [0.3, 0.4) is 0 Å². The second-order valence-corrected chi connectivity index (χ2v) is 4.94. The second kappa shape index (κ2) is 3.14. The van der Waals surface area contributed by atoms with Crippen molar-refractivity contribution >= 4 is 21.7 Å². The van der Waals surface area contributed by atoms with E-state index >= 15 is 0 Å². The van der Waals surface area contributed by atoms with E-state index in [-0.39, 0.29) is 0 Å². The van der Waals surface area contributed by atoms with E-state index in [1.54, 1.807) is 0 Å². The summed E-state index contributed by atoms with van der Waals surface area (Å²) in [6.07, 6.45) is 1.44. The summed E-state index contributed by atoms with van der Waals surface area (Å²) in [7, 11) is 0. The van der Waals surface area contributed by atoms with Crippen LogP contribution in [0.1, 0.15) is 13.3 Å². The first-order valence-corrected chi connectivity index (χ1v) is 6.42. The van der Waals surface area contributed by atoms with Crippen molar-refractivity contribution in [3.8, 4) is 0 Å². The van der Waals surface area contributed by atoms with E-state index in [2.05, 4.69) is 22.0 Å². The van der Waals surface area contributed by atoms with E-state index in [4.69, 9.17) is 9.05 Å². The molecule has 8 heavy (non-hydrogen) atoms. The molecule has 0 aliphatic carbocycles. The Balaban J connectivity index is 2.34. The first kappa shape index (κ1) is 6.98. The number of rotatable bonds is 0. The Morgan fingerprint density at radius 1 is 1.75 bits per heavy atom. The maximum atomic E-state index is 5.31. The van der Waals surface area contributed by atoms with Crippen molar-refractivity contribution in [2.45, 2.75) is 19.4 Å². The van der Waals surface area contributed by atoms with Gasteiger partial charge in [0.2, 0.25) is 0 Å². The van der Waals surface area contributed by atoms with Crippen LogP contribution in [0.15, 0.2) is 0 Å². The predicted octanol–water partition coefficient (Wildman–Crippen LogP) is 0.940. The molecule has 48 valence electrons. The van der Waals surface area contributed by atoms with Gasteiger partial charge in [0.15, 0.2) is 0 Å². The zero-order valence-corrected chi connectivity index (χ0v) is 7.43. The zero-order valence-electron chi connectivity index (χ0n) is 4.72. The summed E-state index contributed by atoms with van der Waals surface area (Å²) in [5, 5.41) is 0. The van der Waals surface area contributed by atoms with Gasteiger partial charge in [0.05, 0.1) is 0 Å². The molecule has 2 atom stereocenters. The van der Waals surface area contributed by atoms with Crippen molar-refractivity contribution in [1.82, 2.24) is 0 Å². The minimum absolute atomic E-state index is 0.402. The molecule has 0 radical (unpaired) electrons. The molecule has 0 amide bonds. The molecule has 0 aromatic rings. The van der Waals surface area contributed by atoms with Gasteiger partial charge in [0.1, 0.15) is 0 Å². The minimum atomic E-state index is -0.967. The summed E-state index contributed by atoms with van der Waals surface area (Å²) >= 11 is 2.87. The van der Waals surface area contributed by atoms with Crippen molar-refractivity contribution < 1.29 is 9.05 Å². The normalized spacial score (nSPS) is 39.6. The van der Waals surface area contributed by atoms with Gasteiger partial charge in [-0.25, -0.2) is 0 Å². The van der Waals surface area contributed by atoms with Crippen LogP contribution in [0.25, 0.3) is 0 Å². The zero-order chi connectivity index (χ0) is 5.98. The summed E-state index contributed by atoms with van der Waals surface area (Å²) in [6.45, 7) is 1.97. The van der Waals surface area contributed by atoms with Crippen LogP contribution in [-0.4, -0.2) is 27.8 Å². The van der Waals surface area contributed by atoms with Gasteiger partial charge in [-0.15, -0.1) is 0 Å². The van der Waals surface area contributed by atoms with Crippen molar-refractivity contribution in [3.63, 3.8) is 0 Å². The molecule has 4 heteroatoms. The van der Waals surface area contributed by atoms with E-state index in [1.807, 2.05) is 0 Å². The molecule has 0 bridgehead atoms. The molecule has 0 aromatic heterocycles. The fourth-order valence-corrected chi connectivity index (χ4v) is 2.92. The molecule has 0 spiro atoms. The van der Waals surface area contributed by atoms with Crippen molar-refractivity contribution in [1.29, 1.82) is 0 Å². The van der Waals surface area contributed by atoms with Crippen molar-refractivity contribution in [2.75, 3.05) is 6.61 Å². The van der Waals surface area contributed by atoms with E-state index in [9.17, 15) is 0 Å². The van der Waals surface area contributed by atoms with Gasteiger partial charge in [-0.05, 0) is 0 Å². The molecule has 1 rings (SSSR count). The average Bonchev–Trinajstić information content (AvgIpc) is 1.64. The molecule has 1 fully saturated rings. The SMILES string of the molecule is C[C@H]1CCO[P@H](=[Se])O1. The summed E-state index contributed by atoms with van der Waals surface area (Å²) in [4.78, 5) is 0. The molecule has 1 saturated heterocycles.